The number of rotatable bonds is 10. The zero-order valence-corrected chi connectivity index (χ0v) is 26.4. The summed E-state index contributed by atoms with van der Waals surface area (Å²) in [6.45, 7) is 8.04. The fraction of sp³-hybridized carbons (Fsp3) is 0.467. The van der Waals surface area contributed by atoms with Gasteiger partial charge in [0, 0.05) is 36.6 Å². The van der Waals surface area contributed by atoms with Crippen LogP contribution in [0.5, 0.6) is 0 Å². The Hall–Kier alpha value is -4.08. The van der Waals surface area contributed by atoms with Gasteiger partial charge in [0.2, 0.25) is 12.1 Å². The third-order valence-electron chi connectivity index (χ3n) is 7.66. The van der Waals surface area contributed by atoms with E-state index in [0.717, 1.165) is 37.8 Å². The maximum Gasteiger partial charge on any atom is 0.325 e. The van der Waals surface area contributed by atoms with Crippen LogP contribution in [0.1, 0.15) is 69.9 Å². The topological polar surface area (TPSA) is 154 Å². The first-order valence-electron chi connectivity index (χ1n) is 14.7. The lowest BCUT2D eigenvalue weighted by atomic mass is 9.87. The number of hydrogen-bond donors (Lipinski definition) is 3. The highest BCUT2D eigenvalue weighted by atomic mass is 32.1. The van der Waals surface area contributed by atoms with Crippen LogP contribution in [-0.2, 0) is 21.0 Å². The van der Waals surface area contributed by atoms with Crippen LogP contribution in [0.15, 0.2) is 36.1 Å². The molecule has 0 bridgehead atoms. The fourth-order valence-electron chi connectivity index (χ4n) is 5.03. The molecular weight excluding hydrogens is 606 g/mol. The highest BCUT2D eigenvalue weighted by Gasteiger charge is 2.32. The van der Waals surface area contributed by atoms with Crippen molar-refractivity contribution >= 4 is 28.9 Å². The van der Waals surface area contributed by atoms with Crippen LogP contribution < -0.4 is 15.7 Å². The van der Waals surface area contributed by atoms with Crippen molar-refractivity contribution in [2.75, 3.05) is 11.9 Å². The van der Waals surface area contributed by atoms with Gasteiger partial charge in [0.05, 0.1) is 12.3 Å². The van der Waals surface area contributed by atoms with Gasteiger partial charge in [-0.2, -0.15) is 14.6 Å². The standard InChI is InChI=1S/C30H36F2N8O4S/c1-5-43-19-8-6-18(7-9-19)40-14-21(25(38-40)24-20(31)10-11-23(32)37-24)35-27(41)22-15-45-28(36-22)17-12-34-39(13-17)16-44-29(42)26(33)30(2,3)4/h10-15,18-19,26H,5-9,16,33H2,1-4H3,(H,35,41)/p+1. The number of aromatic amines is 1. The molecule has 4 aromatic rings. The van der Waals surface area contributed by atoms with Crippen molar-refractivity contribution in [2.24, 2.45) is 11.1 Å². The molecule has 1 unspecified atom stereocenters. The second kappa shape index (κ2) is 13.5. The number of nitrogens with zero attached hydrogens (tertiary/aromatic N) is 5. The molecular formula is C30H37F2N8O4S+. The average Bonchev–Trinajstić information content (AvgIpc) is 3.77. The molecule has 4 heterocycles. The number of hydrogen-bond acceptors (Lipinski definition) is 9. The second-order valence-corrected chi connectivity index (χ2v) is 12.8. The number of thiazole rings is 1. The Morgan fingerprint density at radius 3 is 2.69 bits per heavy atom. The highest BCUT2D eigenvalue weighted by Crippen LogP contribution is 2.31. The zero-order valence-electron chi connectivity index (χ0n) is 25.5. The van der Waals surface area contributed by atoms with E-state index in [1.165, 1.54) is 16.0 Å². The van der Waals surface area contributed by atoms with E-state index in [2.05, 4.69) is 25.5 Å². The van der Waals surface area contributed by atoms with Crippen LogP contribution in [0.4, 0.5) is 14.5 Å². The summed E-state index contributed by atoms with van der Waals surface area (Å²) in [6.07, 6.45) is 8.40. The Kier molecular flexibility index (Phi) is 9.70. The van der Waals surface area contributed by atoms with Crippen molar-refractivity contribution in [3.05, 3.63) is 53.6 Å². The summed E-state index contributed by atoms with van der Waals surface area (Å²) in [5.74, 6) is -2.66. The van der Waals surface area contributed by atoms with Gasteiger partial charge in [-0.1, -0.05) is 20.8 Å². The fourth-order valence-corrected chi connectivity index (χ4v) is 5.81. The predicted octanol–water partition coefficient (Wildman–Crippen LogP) is 4.61. The molecule has 0 aromatic carbocycles. The van der Waals surface area contributed by atoms with Crippen LogP contribution in [-0.4, -0.2) is 55.5 Å². The van der Waals surface area contributed by atoms with Gasteiger partial charge in [0.25, 0.3) is 5.91 Å². The van der Waals surface area contributed by atoms with E-state index < -0.39 is 35.1 Å². The molecule has 1 atom stereocenters. The Labute approximate surface area is 263 Å². The summed E-state index contributed by atoms with van der Waals surface area (Å²) in [7, 11) is 0. The van der Waals surface area contributed by atoms with Crippen molar-refractivity contribution in [1.29, 1.82) is 0 Å². The number of esters is 1. The van der Waals surface area contributed by atoms with E-state index in [1.807, 2.05) is 27.7 Å². The lowest BCUT2D eigenvalue weighted by Gasteiger charge is -2.24. The van der Waals surface area contributed by atoms with Crippen molar-refractivity contribution in [1.82, 2.24) is 24.8 Å². The van der Waals surface area contributed by atoms with Crippen LogP contribution in [0, 0.1) is 17.2 Å². The van der Waals surface area contributed by atoms with Crippen LogP contribution in [0.3, 0.4) is 0 Å². The molecule has 5 rings (SSSR count). The molecule has 0 radical (unpaired) electrons. The molecule has 0 spiro atoms. The average molecular weight is 644 g/mol. The van der Waals surface area contributed by atoms with E-state index in [9.17, 15) is 18.4 Å². The largest absolute Gasteiger partial charge is 0.441 e. The number of ether oxygens (including phenoxy) is 2. The molecule has 1 amide bonds. The van der Waals surface area contributed by atoms with Gasteiger partial charge in [0.15, 0.2) is 24.3 Å². The monoisotopic (exact) mass is 643 g/mol. The number of amides is 1. The first kappa shape index (κ1) is 32.3. The molecule has 4 aromatic heterocycles. The number of aromatic nitrogens is 6. The molecule has 1 saturated carbocycles. The van der Waals surface area contributed by atoms with Gasteiger partial charge in [-0.3, -0.25) is 9.59 Å². The van der Waals surface area contributed by atoms with Gasteiger partial charge in [0.1, 0.15) is 28.1 Å². The summed E-state index contributed by atoms with van der Waals surface area (Å²) >= 11 is 1.22. The summed E-state index contributed by atoms with van der Waals surface area (Å²) < 4.78 is 43.2. The minimum atomic E-state index is -0.849. The van der Waals surface area contributed by atoms with Crippen LogP contribution in [0.25, 0.3) is 22.0 Å². The van der Waals surface area contributed by atoms with E-state index in [-0.39, 0.29) is 41.6 Å². The lowest BCUT2D eigenvalue weighted by molar-refractivity contribution is -0.775. The normalized spacial score (nSPS) is 17.7. The molecule has 1 aliphatic carbocycles. The van der Waals surface area contributed by atoms with E-state index in [0.29, 0.717) is 17.2 Å². The molecule has 0 saturated heterocycles. The quantitative estimate of drug-likeness (QED) is 0.129. The minimum absolute atomic E-state index is 0.0496. The summed E-state index contributed by atoms with van der Waals surface area (Å²) in [6, 6.07) is 1.20. The maximum absolute atomic E-state index is 14.8. The maximum atomic E-state index is 14.8. The van der Waals surface area contributed by atoms with Gasteiger partial charge in [-0.25, -0.2) is 19.0 Å². The van der Waals surface area contributed by atoms with Crippen molar-refractivity contribution in [2.45, 2.75) is 78.3 Å². The molecule has 240 valence electrons. The number of nitrogens with two attached hydrogens (primary N) is 1. The van der Waals surface area contributed by atoms with E-state index in [1.54, 1.807) is 28.7 Å². The summed E-state index contributed by atoms with van der Waals surface area (Å²) in [5, 5.41) is 12.2. The molecule has 1 fully saturated rings. The lowest BCUT2D eigenvalue weighted by Crippen LogP contribution is -2.43. The van der Waals surface area contributed by atoms with Crippen molar-refractivity contribution in [3.8, 4) is 22.0 Å². The Bertz CT molecular complexity index is 1660. The number of carbonyl (C=O) groups excluding carboxylic acids is 2. The predicted molar refractivity (Wildman–Crippen MR) is 162 cm³/mol. The Morgan fingerprint density at radius 2 is 1.98 bits per heavy atom. The molecule has 1 aliphatic rings. The SMILES string of the molecule is CCOC1CCC([n+]2cc(NC(=O)c3csc(-c4cnn(COC(=O)C(N)C(C)(C)C)c4)n3)c(-c3nc(F)ccc3F)[nH]2)CC1. The van der Waals surface area contributed by atoms with Gasteiger partial charge >= 0.3 is 5.97 Å². The van der Waals surface area contributed by atoms with Gasteiger partial charge in [-0.05, 0) is 37.3 Å². The van der Waals surface area contributed by atoms with E-state index in [4.69, 9.17) is 15.2 Å². The van der Waals surface area contributed by atoms with E-state index >= 15 is 0 Å². The van der Waals surface area contributed by atoms with Crippen LogP contribution >= 0.6 is 11.3 Å². The number of H-pyrrole nitrogens is 1. The molecule has 4 N–H and O–H groups in total. The zero-order chi connectivity index (χ0) is 32.3. The highest BCUT2D eigenvalue weighted by molar-refractivity contribution is 7.13. The molecule has 45 heavy (non-hydrogen) atoms. The van der Waals surface area contributed by atoms with Gasteiger partial charge < -0.3 is 20.5 Å². The molecule has 15 heteroatoms. The molecule has 0 aliphatic heterocycles. The summed E-state index contributed by atoms with van der Waals surface area (Å²) in [4.78, 5) is 33.8. The Morgan fingerprint density at radius 1 is 1.22 bits per heavy atom. The molecule has 12 nitrogen and oxygen atoms in total. The van der Waals surface area contributed by atoms with Crippen LogP contribution in [0.2, 0.25) is 0 Å². The first-order chi connectivity index (χ1) is 21.4. The third kappa shape index (κ3) is 7.60. The first-order valence-corrected chi connectivity index (χ1v) is 15.6. The van der Waals surface area contributed by atoms with Gasteiger partial charge in [-0.15, -0.1) is 16.0 Å². The number of halogens is 2. The second-order valence-electron chi connectivity index (χ2n) is 12.0. The summed E-state index contributed by atoms with van der Waals surface area (Å²) in [5.41, 5.74) is 6.37. The number of anilines is 1. The third-order valence-corrected chi connectivity index (χ3v) is 8.55. The van der Waals surface area contributed by atoms with Crippen molar-refractivity contribution in [3.63, 3.8) is 0 Å². The number of pyridine rings is 1. The van der Waals surface area contributed by atoms with Crippen molar-refractivity contribution < 1.29 is 32.5 Å². The number of carbonyl (C=O) groups is 2. The minimum Gasteiger partial charge on any atom is -0.441 e. The number of nitrogens with one attached hydrogen (secondary N) is 2. The smallest absolute Gasteiger partial charge is 0.325 e. The Balaban J connectivity index is 1.31.